The molecule has 0 atom stereocenters. The fourth-order valence-corrected chi connectivity index (χ4v) is 3.29. The highest BCUT2D eigenvalue weighted by Gasteiger charge is 2.14. The van der Waals surface area contributed by atoms with Crippen LogP contribution in [0.4, 0.5) is 4.39 Å². The zero-order chi connectivity index (χ0) is 22.7. The first-order valence-corrected chi connectivity index (χ1v) is 9.98. The Morgan fingerprint density at radius 2 is 1.88 bits per heavy atom. The molecule has 1 amide bonds. The van der Waals surface area contributed by atoms with E-state index in [9.17, 15) is 19.1 Å². The first-order valence-electron chi connectivity index (χ1n) is 9.60. The van der Waals surface area contributed by atoms with Crippen molar-refractivity contribution < 1.29 is 23.4 Å². The zero-order valence-electron chi connectivity index (χ0n) is 16.6. The minimum atomic E-state index is -0.526. The molecule has 162 valence electrons. The second-order valence-electron chi connectivity index (χ2n) is 6.96. The molecule has 1 heterocycles. The van der Waals surface area contributed by atoms with Crippen molar-refractivity contribution in [2.75, 3.05) is 6.61 Å². The van der Waals surface area contributed by atoms with Crippen molar-refractivity contribution in [3.8, 4) is 22.8 Å². The molecule has 6 nitrogen and oxygen atoms in total. The van der Waals surface area contributed by atoms with Crippen molar-refractivity contribution in [1.29, 1.82) is 0 Å². The molecule has 0 aliphatic carbocycles. The van der Waals surface area contributed by atoms with Crippen LogP contribution in [0.5, 0.6) is 11.5 Å². The fourth-order valence-electron chi connectivity index (χ4n) is 3.13. The van der Waals surface area contributed by atoms with Crippen molar-refractivity contribution in [3.05, 3.63) is 93.4 Å². The van der Waals surface area contributed by atoms with Gasteiger partial charge in [-0.05, 0) is 12.1 Å². The van der Waals surface area contributed by atoms with Crippen molar-refractivity contribution in [1.82, 2.24) is 5.32 Å². The number of ether oxygens (including phenoxy) is 1. The molecule has 0 saturated heterocycles. The van der Waals surface area contributed by atoms with Gasteiger partial charge in [-0.2, -0.15) is 0 Å². The number of amides is 1. The number of hydrogen-bond donors (Lipinski definition) is 2. The second kappa shape index (κ2) is 9.11. The molecule has 0 aliphatic rings. The average Bonchev–Trinajstić information content (AvgIpc) is 2.77. The molecule has 1 aromatic heterocycles. The van der Waals surface area contributed by atoms with Gasteiger partial charge in [0.1, 0.15) is 34.0 Å². The quantitative estimate of drug-likeness (QED) is 0.443. The minimum absolute atomic E-state index is 0.0136. The van der Waals surface area contributed by atoms with Crippen LogP contribution in [-0.2, 0) is 11.3 Å². The van der Waals surface area contributed by atoms with E-state index >= 15 is 0 Å². The number of carbonyl (C=O) groups excluding carboxylic acids is 1. The molecule has 0 aliphatic heterocycles. The SMILES string of the molecule is O=C(COc1cc(O)c2c(=O)cc(-c3ccccc3)oc2c1)NCc1ccc(Cl)cc1F. The average molecular weight is 454 g/mol. The predicted octanol–water partition coefficient (Wildman–Crippen LogP) is 4.65. The lowest BCUT2D eigenvalue weighted by Crippen LogP contribution is -2.28. The Morgan fingerprint density at radius 1 is 1.09 bits per heavy atom. The number of rotatable bonds is 6. The van der Waals surface area contributed by atoms with Gasteiger partial charge in [0, 0.05) is 40.9 Å². The van der Waals surface area contributed by atoms with E-state index in [1.165, 1.54) is 30.3 Å². The summed E-state index contributed by atoms with van der Waals surface area (Å²) in [4.78, 5) is 24.6. The number of nitrogens with one attached hydrogen (secondary N) is 1. The molecule has 0 radical (unpaired) electrons. The number of carbonyl (C=O) groups is 1. The number of phenolic OH excluding ortho intramolecular Hbond substituents is 1. The molecule has 0 fully saturated rings. The number of halogens is 2. The molecule has 0 saturated carbocycles. The van der Waals surface area contributed by atoms with Crippen LogP contribution < -0.4 is 15.5 Å². The highest BCUT2D eigenvalue weighted by Crippen LogP contribution is 2.31. The Hall–Kier alpha value is -3.84. The summed E-state index contributed by atoms with van der Waals surface area (Å²) in [6.07, 6.45) is 0. The minimum Gasteiger partial charge on any atom is -0.507 e. The zero-order valence-corrected chi connectivity index (χ0v) is 17.4. The number of hydrogen-bond acceptors (Lipinski definition) is 5. The Labute approximate surface area is 186 Å². The van der Waals surface area contributed by atoms with Crippen LogP contribution in [-0.4, -0.2) is 17.6 Å². The van der Waals surface area contributed by atoms with E-state index in [2.05, 4.69) is 5.32 Å². The third-order valence-electron chi connectivity index (χ3n) is 4.70. The van der Waals surface area contributed by atoms with Crippen LogP contribution in [0.1, 0.15) is 5.56 Å². The molecule has 8 heteroatoms. The van der Waals surface area contributed by atoms with Crippen molar-refractivity contribution in [3.63, 3.8) is 0 Å². The number of aromatic hydroxyl groups is 1. The monoisotopic (exact) mass is 453 g/mol. The third-order valence-corrected chi connectivity index (χ3v) is 4.94. The first-order chi connectivity index (χ1) is 15.4. The van der Waals surface area contributed by atoms with Gasteiger partial charge in [-0.25, -0.2) is 4.39 Å². The number of fused-ring (bicyclic) bond motifs is 1. The first kappa shape index (κ1) is 21.4. The summed E-state index contributed by atoms with van der Waals surface area (Å²) in [6, 6.07) is 17.2. The lowest BCUT2D eigenvalue weighted by molar-refractivity contribution is -0.123. The van der Waals surface area contributed by atoms with Gasteiger partial charge in [-0.3, -0.25) is 9.59 Å². The molecule has 32 heavy (non-hydrogen) atoms. The predicted molar refractivity (Wildman–Crippen MR) is 118 cm³/mol. The van der Waals surface area contributed by atoms with E-state index in [1.807, 2.05) is 18.2 Å². The maximum Gasteiger partial charge on any atom is 0.258 e. The van der Waals surface area contributed by atoms with Crippen molar-refractivity contribution >= 4 is 28.5 Å². The van der Waals surface area contributed by atoms with E-state index < -0.39 is 17.2 Å². The molecule has 0 unspecified atom stereocenters. The number of phenols is 1. The van der Waals surface area contributed by atoms with Crippen LogP contribution in [0.15, 0.2) is 75.9 Å². The van der Waals surface area contributed by atoms with Gasteiger partial charge in [-0.1, -0.05) is 48.0 Å². The van der Waals surface area contributed by atoms with Crippen LogP contribution >= 0.6 is 11.6 Å². The molecule has 4 rings (SSSR count). The maximum absolute atomic E-state index is 13.8. The van der Waals surface area contributed by atoms with E-state index in [0.717, 1.165) is 6.07 Å². The summed E-state index contributed by atoms with van der Waals surface area (Å²) in [5, 5.41) is 13.1. The Kier molecular flexibility index (Phi) is 6.09. The second-order valence-corrected chi connectivity index (χ2v) is 7.39. The molecular weight excluding hydrogens is 437 g/mol. The summed E-state index contributed by atoms with van der Waals surface area (Å²) in [6.45, 7) is -0.424. The van der Waals surface area contributed by atoms with Gasteiger partial charge < -0.3 is 19.6 Å². The van der Waals surface area contributed by atoms with Crippen molar-refractivity contribution in [2.45, 2.75) is 6.54 Å². The molecular formula is C24H17ClFNO5. The van der Waals surface area contributed by atoms with Gasteiger partial charge in [-0.15, -0.1) is 0 Å². The summed E-state index contributed by atoms with van der Waals surface area (Å²) in [5.41, 5.74) is 0.694. The smallest absolute Gasteiger partial charge is 0.258 e. The van der Waals surface area contributed by atoms with Crippen LogP contribution in [0.2, 0.25) is 5.02 Å². The molecule has 0 spiro atoms. The Morgan fingerprint density at radius 3 is 2.62 bits per heavy atom. The summed E-state index contributed by atoms with van der Waals surface area (Å²) >= 11 is 5.71. The highest BCUT2D eigenvalue weighted by molar-refractivity contribution is 6.30. The van der Waals surface area contributed by atoms with Crippen LogP contribution in [0.3, 0.4) is 0 Å². The lowest BCUT2D eigenvalue weighted by atomic mass is 10.1. The highest BCUT2D eigenvalue weighted by atomic mass is 35.5. The summed E-state index contributed by atoms with van der Waals surface area (Å²) in [5.74, 6) is -0.881. The lowest BCUT2D eigenvalue weighted by Gasteiger charge is -2.10. The maximum atomic E-state index is 13.8. The van der Waals surface area contributed by atoms with Gasteiger partial charge in [0.05, 0.1) is 0 Å². The molecule has 0 bridgehead atoms. The van der Waals surface area contributed by atoms with Crippen LogP contribution in [0, 0.1) is 5.82 Å². The van der Waals surface area contributed by atoms with Gasteiger partial charge in [0.15, 0.2) is 12.0 Å². The normalized spacial score (nSPS) is 10.8. The molecule has 2 N–H and O–H groups in total. The van der Waals surface area contributed by atoms with Crippen LogP contribution in [0.25, 0.3) is 22.3 Å². The molecule has 4 aromatic rings. The number of benzene rings is 3. The Balaban J connectivity index is 1.49. The molecule has 3 aromatic carbocycles. The van der Waals surface area contributed by atoms with Gasteiger partial charge in [0.25, 0.3) is 5.91 Å². The van der Waals surface area contributed by atoms with Crippen molar-refractivity contribution in [2.24, 2.45) is 0 Å². The largest absolute Gasteiger partial charge is 0.507 e. The Bertz CT molecular complexity index is 1350. The van der Waals surface area contributed by atoms with E-state index in [4.69, 9.17) is 20.8 Å². The topological polar surface area (TPSA) is 88.8 Å². The van der Waals surface area contributed by atoms with Gasteiger partial charge >= 0.3 is 0 Å². The third kappa shape index (κ3) is 4.73. The summed E-state index contributed by atoms with van der Waals surface area (Å²) < 4.78 is 25.0. The summed E-state index contributed by atoms with van der Waals surface area (Å²) in [7, 11) is 0. The van der Waals surface area contributed by atoms with E-state index in [0.29, 0.717) is 11.3 Å². The van der Waals surface area contributed by atoms with E-state index in [1.54, 1.807) is 12.1 Å². The van der Waals surface area contributed by atoms with Gasteiger partial charge in [0.2, 0.25) is 0 Å². The standard InChI is InChI=1S/C24H17ClFNO5/c25-16-7-6-15(18(26)8-16)12-27-23(30)13-31-17-9-19(28)24-20(29)11-21(32-22(24)10-17)14-4-2-1-3-5-14/h1-11,28H,12-13H2,(H,27,30). The van der Waals surface area contributed by atoms with E-state index in [-0.39, 0.29) is 46.2 Å². The fraction of sp³-hybridized carbons (Fsp3) is 0.0833.